The van der Waals surface area contributed by atoms with Crippen LogP contribution >= 0.6 is 27.5 Å². The zero-order chi connectivity index (χ0) is 10.6. The number of hydrogen-bond acceptors (Lipinski definition) is 2. The van der Waals surface area contributed by atoms with Crippen LogP contribution in [0.1, 0.15) is 0 Å². The lowest BCUT2D eigenvalue weighted by Crippen LogP contribution is -2.20. The maximum Gasteiger partial charge on any atom is 0.142 e. The first-order chi connectivity index (χ1) is 6.69. The third-order valence-corrected chi connectivity index (χ3v) is 2.63. The molecule has 1 aromatic rings. The Labute approximate surface area is 97.9 Å². The summed E-state index contributed by atoms with van der Waals surface area (Å²) < 4.78 is 6.30. The van der Waals surface area contributed by atoms with Crippen molar-refractivity contribution in [2.45, 2.75) is 0 Å². The Kier molecular flexibility index (Phi) is 4.55. The first-order valence-corrected chi connectivity index (χ1v) is 5.62. The number of anilines is 1. The fraction of sp³-hybridized carbons (Fsp3) is 0.400. The molecule has 14 heavy (non-hydrogen) atoms. The molecule has 0 aromatic heterocycles. The van der Waals surface area contributed by atoms with E-state index in [0.29, 0.717) is 5.88 Å². The van der Waals surface area contributed by atoms with Crippen molar-refractivity contribution < 1.29 is 4.74 Å². The number of ether oxygens (including phenoxy) is 1. The Morgan fingerprint density at radius 3 is 2.79 bits per heavy atom. The molecule has 0 saturated carbocycles. The SMILES string of the molecule is COc1ccc(Br)cc1N(C)CCCl. The predicted molar refractivity (Wildman–Crippen MR) is 64.7 cm³/mol. The smallest absolute Gasteiger partial charge is 0.142 e. The van der Waals surface area contributed by atoms with Crippen molar-refractivity contribution in [3.63, 3.8) is 0 Å². The van der Waals surface area contributed by atoms with Crippen molar-refractivity contribution in [1.29, 1.82) is 0 Å². The Hall–Kier alpha value is -0.410. The molecule has 0 heterocycles. The zero-order valence-corrected chi connectivity index (χ0v) is 10.6. The van der Waals surface area contributed by atoms with Crippen LogP contribution in [0.5, 0.6) is 5.75 Å². The molecule has 1 aromatic carbocycles. The van der Waals surface area contributed by atoms with Crippen LogP contribution in [-0.2, 0) is 0 Å². The fourth-order valence-corrected chi connectivity index (χ4v) is 1.81. The lowest BCUT2D eigenvalue weighted by molar-refractivity contribution is 0.415. The molecule has 2 nitrogen and oxygen atoms in total. The molecule has 0 unspecified atom stereocenters. The van der Waals surface area contributed by atoms with Gasteiger partial charge in [-0.1, -0.05) is 15.9 Å². The zero-order valence-electron chi connectivity index (χ0n) is 8.26. The number of rotatable bonds is 4. The number of hydrogen-bond donors (Lipinski definition) is 0. The topological polar surface area (TPSA) is 12.5 Å². The second kappa shape index (κ2) is 5.47. The summed E-state index contributed by atoms with van der Waals surface area (Å²) in [6.45, 7) is 0.800. The summed E-state index contributed by atoms with van der Waals surface area (Å²) in [5.74, 6) is 1.47. The van der Waals surface area contributed by atoms with Crippen LogP contribution in [0.15, 0.2) is 22.7 Å². The molecule has 0 N–H and O–H groups in total. The highest BCUT2D eigenvalue weighted by molar-refractivity contribution is 9.10. The summed E-state index contributed by atoms with van der Waals surface area (Å²) in [6.07, 6.45) is 0. The molecule has 0 fully saturated rings. The summed E-state index contributed by atoms with van der Waals surface area (Å²) in [5, 5.41) is 0. The lowest BCUT2D eigenvalue weighted by Gasteiger charge is -2.20. The molecule has 1 rings (SSSR count). The van der Waals surface area contributed by atoms with Crippen LogP contribution in [0.25, 0.3) is 0 Å². The van der Waals surface area contributed by atoms with Crippen molar-refractivity contribution in [1.82, 2.24) is 0 Å². The van der Waals surface area contributed by atoms with Gasteiger partial charge in [-0.2, -0.15) is 0 Å². The van der Waals surface area contributed by atoms with Crippen LogP contribution in [0.4, 0.5) is 5.69 Å². The van der Waals surface area contributed by atoms with Crippen LogP contribution in [0.2, 0.25) is 0 Å². The van der Waals surface area contributed by atoms with Crippen molar-refractivity contribution in [3.8, 4) is 5.75 Å². The summed E-state index contributed by atoms with van der Waals surface area (Å²) in [5.41, 5.74) is 1.04. The molecule has 0 aliphatic heterocycles. The second-order valence-corrected chi connectivity index (χ2v) is 4.22. The molecular formula is C10H13BrClNO. The van der Waals surface area contributed by atoms with Crippen molar-refractivity contribution in [3.05, 3.63) is 22.7 Å². The van der Waals surface area contributed by atoms with E-state index in [9.17, 15) is 0 Å². The van der Waals surface area contributed by atoms with Crippen molar-refractivity contribution >= 4 is 33.2 Å². The van der Waals surface area contributed by atoms with Crippen LogP contribution < -0.4 is 9.64 Å². The molecule has 0 spiro atoms. The lowest BCUT2D eigenvalue weighted by atomic mass is 10.2. The minimum atomic E-state index is 0.603. The molecule has 0 aliphatic carbocycles. The third kappa shape index (κ3) is 2.79. The number of methoxy groups -OCH3 is 1. The highest BCUT2D eigenvalue weighted by atomic mass is 79.9. The Morgan fingerprint density at radius 1 is 1.50 bits per heavy atom. The summed E-state index contributed by atoms with van der Waals surface area (Å²) in [6, 6.07) is 5.91. The van der Waals surface area contributed by atoms with E-state index in [2.05, 4.69) is 20.8 Å². The molecule has 0 radical (unpaired) electrons. The van der Waals surface area contributed by atoms with E-state index in [-0.39, 0.29) is 0 Å². The highest BCUT2D eigenvalue weighted by Crippen LogP contribution is 2.30. The number of halogens is 2. The third-order valence-electron chi connectivity index (χ3n) is 1.97. The van der Waals surface area contributed by atoms with Gasteiger partial charge in [0.15, 0.2) is 0 Å². The molecule has 0 saturated heterocycles. The van der Waals surface area contributed by atoms with Gasteiger partial charge in [0.1, 0.15) is 5.75 Å². The first-order valence-electron chi connectivity index (χ1n) is 4.29. The number of nitrogens with zero attached hydrogens (tertiary/aromatic N) is 1. The van der Waals surface area contributed by atoms with Gasteiger partial charge in [-0.25, -0.2) is 0 Å². The minimum absolute atomic E-state index is 0.603. The van der Waals surface area contributed by atoms with E-state index < -0.39 is 0 Å². The molecule has 0 aliphatic rings. The summed E-state index contributed by atoms with van der Waals surface area (Å²) >= 11 is 9.12. The van der Waals surface area contributed by atoms with Crippen LogP contribution in [0.3, 0.4) is 0 Å². The quantitative estimate of drug-likeness (QED) is 0.785. The van der Waals surface area contributed by atoms with Gasteiger partial charge in [-0.05, 0) is 18.2 Å². The van der Waals surface area contributed by atoms with Gasteiger partial charge in [-0.3, -0.25) is 0 Å². The fourth-order valence-electron chi connectivity index (χ4n) is 1.21. The Balaban J connectivity index is 2.97. The first kappa shape index (κ1) is 11.7. The summed E-state index contributed by atoms with van der Waals surface area (Å²) in [4.78, 5) is 2.07. The van der Waals surface area contributed by atoms with E-state index >= 15 is 0 Å². The maximum absolute atomic E-state index is 5.69. The van der Waals surface area contributed by atoms with Gasteiger partial charge in [0, 0.05) is 23.9 Å². The molecule has 4 heteroatoms. The van der Waals surface area contributed by atoms with Gasteiger partial charge in [0.2, 0.25) is 0 Å². The largest absolute Gasteiger partial charge is 0.495 e. The number of alkyl halides is 1. The van der Waals surface area contributed by atoms with Crippen LogP contribution in [-0.4, -0.2) is 26.6 Å². The second-order valence-electron chi connectivity index (χ2n) is 2.93. The van der Waals surface area contributed by atoms with E-state index in [1.807, 2.05) is 25.2 Å². The van der Waals surface area contributed by atoms with Crippen molar-refractivity contribution in [2.24, 2.45) is 0 Å². The standard InChI is InChI=1S/C10H13BrClNO/c1-13(6-5-12)9-7-8(11)3-4-10(9)14-2/h3-4,7H,5-6H2,1-2H3. The van der Waals surface area contributed by atoms with Gasteiger partial charge in [0.25, 0.3) is 0 Å². The monoisotopic (exact) mass is 277 g/mol. The normalized spacial score (nSPS) is 10.0. The predicted octanol–water partition coefficient (Wildman–Crippen LogP) is 3.13. The van der Waals surface area contributed by atoms with E-state index in [1.54, 1.807) is 7.11 Å². The Morgan fingerprint density at radius 2 is 2.21 bits per heavy atom. The van der Waals surface area contributed by atoms with Gasteiger partial charge in [0.05, 0.1) is 12.8 Å². The molecule has 78 valence electrons. The van der Waals surface area contributed by atoms with Gasteiger partial charge in [-0.15, -0.1) is 11.6 Å². The Bertz CT molecular complexity index is 306. The van der Waals surface area contributed by atoms with Crippen LogP contribution in [0, 0.1) is 0 Å². The molecule has 0 bridgehead atoms. The molecule has 0 atom stereocenters. The van der Waals surface area contributed by atoms with Gasteiger partial charge >= 0.3 is 0 Å². The highest BCUT2D eigenvalue weighted by Gasteiger charge is 2.07. The van der Waals surface area contributed by atoms with Gasteiger partial charge < -0.3 is 9.64 Å². The van der Waals surface area contributed by atoms with E-state index in [0.717, 1.165) is 22.5 Å². The summed E-state index contributed by atoms with van der Waals surface area (Å²) in [7, 11) is 3.66. The average molecular weight is 279 g/mol. The maximum atomic E-state index is 5.69. The number of benzene rings is 1. The van der Waals surface area contributed by atoms with E-state index in [1.165, 1.54) is 0 Å². The average Bonchev–Trinajstić information content (AvgIpc) is 2.18. The molecular weight excluding hydrogens is 265 g/mol. The van der Waals surface area contributed by atoms with E-state index in [4.69, 9.17) is 16.3 Å². The molecule has 0 amide bonds. The van der Waals surface area contributed by atoms with Crippen molar-refractivity contribution in [2.75, 3.05) is 31.5 Å². The minimum Gasteiger partial charge on any atom is -0.495 e.